The lowest BCUT2D eigenvalue weighted by Crippen LogP contribution is -2.38. The maximum Gasteiger partial charge on any atom is 0.0429 e. The summed E-state index contributed by atoms with van der Waals surface area (Å²) in [4.78, 5) is 2.62. The van der Waals surface area contributed by atoms with Crippen molar-refractivity contribution in [1.29, 1.82) is 0 Å². The molecule has 86 valence electrons. The minimum atomic E-state index is 0.635. The summed E-state index contributed by atoms with van der Waals surface area (Å²) >= 11 is 0. The molecular formula is C14H20N2. The van der Waals surface area contributed by atoms with Crippen molar-refractivity contribution in [3.63, 3.8) is 0 Å². The van der Waals surface area contributed by atoms with E-state index in [1.807, 2.05) is 0 Å². The first kappa shape index (κ1) is 10.2. The quantitative estimate of drug-likeness (QED) is 0.817. The molecule has 0 bridgehead atoms. The smallest absolute Gasteiger partial charge is 0.0429 e. The highest BCUT2D eigenvalue weighted by Gasteiger charge is 2.22. The Hall–Kier alpha value is -1.02. The molecule has 0 amide bonds. The van der Waals surface area contributed by atoms with Gasteiger partial charge in [0.05, 0.1) is 0 Å². The molecule has 0 unspecified atom stereocenters. The fraction of sp³-hybridized carbons (Fsp3) is 0.571. The normalized spacial score (nSPS) is 25.1. The summed E-state index contributed by atoms with van der Waals surface area (Å²) in [5, 5.41) is 3.64. The van der Waals surface area contributed by atoms with Gasteiger partial charge < -0.3 is 10.2 Å². The third-order valence-electron chi connectivity index (χ3n) is 3.77. The number of benzene rings is 1. The van der Waals surface area contributed by atoms with Crippen LogP contribution in [0.15, 0.2) is 24.3 Å². The molecular weight excluding hydrogens is 196 g/mol. The van der Waals surface area contributed by atoms with E-state index in [-0.39, 0.29) is 0 Å². The molecule has 2 aliphatic heterocycles. The number of nitrogens with one attached hydrogen (secondary N) is 1. The van der Waals surface area contributed by atoms with Gasteiger partial charge in [-0.25, -0.2) is 0 Å². The van der Waals surface area contributed by atoms with E-state index in [1.165, 1.54) is 56.6 Å². The van der Waals surface area contributed by atoms with Crippen LogP contribution in [0.4, 0.5) is 5.69 Å². The average molecular weight is 216 g/mol. The molecule has 1 saturated heterocycles. The van der Waals surface area contributed by atoms with E-state index in [2.05, 4.69) is 34.5 Å². The van der Waals surface area contributed by atoms with E-state index < -0.39 is 0 Å². The highest BCUT2D eigenvalue weighted by Crippen LogP contribution is 2.25. The second-order valence-electron chi connectivity index (χ2n) is 5.06. The molecule has 2 heteroatoms. The summed E-state index contributed by atoms with van der Waals surface area (Å²) in [6, 6.07) is 9.35. The third kappa shape index (κ3) is 2.07. The summed E-state index contributed by atoms with van der Waals surface area (Å²) in [7, 11) is 0. The molecule has 2 aliphatic rings. The van der Waals surface area contributed by atoms with Gasteiger partial charge in [0.25, 0.3) is 0 Å². The molecule has 1 atom stereocenters. The number of hydrogen-bond donors (Lipinski definition) is 1. The van der Waals surface area contributed by atoms with E-state index in [1.54, 1.807) is 0 Å². The molecule has 0 spiro atoms. The summed E-state index contributed by atoms with van der Waals surface area (Å²) in [6.07, 6.45) is 5.40. The second kappa shape index (κ2) is 4.46. The lowest BCUT2D eigenvalue weighted by Gasteiger charge is -2.29. The monoisotopic (exact) mass is 216 g/mol. The first-order valence-corrected chi connectivity index (χ1v) is 6.48. The zero-order valence-corrected chi connectivity index (χ0v) is 9.78. The van der Waals surface area contributed by atoms with Crippen molar-refractivity contribution < 1.29 is 0 Å². The second-order valence-corrected chi connectivity index (χ2v) is 5.06. The molecule has 3 rings (SSSR count). The van der Waals surface area contributed by atoms with Crippen LogP contribution in [-0.4, -0.2) is 30.6 Å². The first-order valence-electron chi connectivity index (χ1n) is 6.48. The Labute approximate surface area is 97.6 Å². The van der Waals surface area contributed by atoms with E-state index >= 15 is 0 Å². The average Bonchev–Trinajstić information content (AvgIpc) is 2.72. The number of piperidine rings is 1. The predicted octanol–water partition coefficient (Wildman–Crippen LogP) is 2.51. The van der Waals surface area contributed by atoms with Crippen molar-refractivity contribution in [2.75, 3.05) is 25.0 Å². The van der Waals surface area contributed by atoms with Crippen molar-refractivity contribution in [1.82, 2.24) is 4.90 Å². The molecule has 0 radical (unpaired) electrons. The van der Waals surface area contributed by atoms with Crippen LogP contribution in [0.5, 0.6) is 0 Å². The molecule has 2 heterocycles. The Balaban J connectivity index is 1.59. The highest BCUT2D eigenvalue weighted by molar-refractivity contribution is 5.56. The van der Waals surface area contributed by atoms with E-state index in [0.29, 0.717) is 6.04 Å². The number of fused-ring (bicyclic) bond motifs is 1. The van der Waals surface area contributed by atoms with Gasteiger partial charge in [-0.3, -0.25) is 0 Å². The zero-order valence-electron chi connectivity index (χ0n) is 9.78. The summed E-state index contributed by atoms with van der Waals surface area (Å²) < 4.78 is 0. The molecule has 16 heavy (non-hydrogen) atoms. The fourth-order valence-corrected chi connectivity index (χ4v) is 2.94. The van der Waals surface area contributed by atoms with Gasteiger partial charge in [0.2, 0.25) is 0 Å². The summed E-state index contributed by atoms with van der Waals surface area (Å²) in [6.45, 7) is 3.82. The number of nitrogens with zero attached hydrogens (tertiary/aromatic N) is 1. The summed E-state index contributed by atoms with van der Waals surface area (Å²) in [5.74, 6) is 0. The number of anilines is 1. The lowest BCUT2D eigenvalue weighted by atomic mass is 10.1. The fourth-order valence-electron chi connectivity index (χ4n) is 2.94. The van der Waals surface area contributed by atoms with Crippen molar-refractivity contribution in [2.45, 2.75) is 31.7 Å². The molecule has 2 nitrogen and oxygen atoms in total. The Morgan fingerprint density at radius 1 is 1.12 bits per heavy atom. The first-order chi connectivity index (χ1) is 7.92. The van der Waals surface area contributed by atoms with Crippen LogP contribution in [0.2, 0.25) is 0 Å². The van der Waals surface area contributed by atoms with Gasteiger partial charge in [0.1, 0.15) is 0 Å². The molecule has 1 aromatic rings. The van der Waals surface area contributed by atoms with Crippen LogP contribution in [0.1, 0.15) is 24.8 Å². The number of hydrogen-bond acceptors (Lipinski definition) is 2. The van der Waals surface area contributed by atoms with Crippen molar-refractivity contribution in [2.24, 2.45) is 0 Å². The molecule has 1 fully saturated rings. The Morgan fingerprint density at radius 3 is 2.75 bits per heavy atom. The van der Waals surface area contributed by atoms with Crippen molar-refractivity contribution in [3.05, 3.63) is 29.8 Å². The molecule has 1 aromatic carbocycles. The summed E-state index contributed by atoms with van der Waals surface area (Å²) in [5.41, 5.74) is 2.84. The van der Waals surface area contributed by atoms with Gasteiger partial charge in [-0.2, -0.15) is 0 Å². The van der Waals surface area contributed by atoms with Gasteiger partial charge in [0, 0.05) is 18.3 Å². The Bertz CT molecular complexity index is 331. The van der Waals surface area contributed by atoms with Crippen LogP contribution in [0.25, 0.3) is 0 Å². The van der Waals surface area contributed by atoms with Gasteiger partial charge in [-0.05, 0) is 44.0 Å². The van der Waals surface area contributed by atoms with Crippen LogP contribution >= 0.6 is 0 Å². The molecule has 0 aromatic heterocycles. The highest BCUT2D eigenvalue weighted by atomic mass is 15.2. The lowest BCUT2D eigenvalue weighted by molar-refractivity contribution is 0.221. The largest absolute Gasteiger partial charge is 0.380 e. The molecule has 1 N–H and O–H groups in total. The van der Waals surface area contributed by atoms with Crippen molar-refractivity contribution in [3.8, 4) is 0 Å². The maximum absolute atomic E-state index is 3.64. The van der Waals surface area contributed by atoms with Gasteiger partial charge in [0.15, 0.2) is 0 Å². The SMILES string of the molecule is c1ccc2c(c1)C[C@H](CN1CCCCC1)N2. The number of para-hydroxylation sites is 1. The minimum Gasteiger partial charge on any atom is -0.380 e. The minimum absolute atomic E-state index is 0.635. The zero-order chi connectivity index (χ0) is 10.8. The maximum atomic E-state index is 3.64. The van der Waals surface area contributed by atoms with Gasteiger partial charge >= 0.3 is 0 Å². The number of rotatable bonds is 2. The predicted molar refractivity (Wildman–Crippen MR) is 67.8 cm³/mol. The standard InChI is InChI=1S/C14H20N2/c1-4-8-16(9-5-1)11-13-10-12-6-2-3-7-14(12)15-13/h2-3,6-7,13,15H,1,4-5,8-11H2/t13-/m1/s1. The third-order valence-corrected chi connectivity index (χ3v) is 3.77. The van der Waals surface area contributed by atoms with Crippen LogP contribution in [0, 0.1) is 0 Å². The molecule has 0 aliphatic carbocycles. The molecule has 0 saturated carbocycles. The number of likely N-dealkylation sites (tertiary alicyclic amines) is 1. The van der Waals surface area contributed by atoms with E-state index in [0.717, 1.165) is 0 Å². The van der Waals surface area contributed by atoms with Gasteiger partial charge in [-0.1, -0.05) is 24.6 Å². The van der Waals surface area contributed by atoms with Crippen molar-refractivity contribution >= 4 is 5.69 Å². The van der Waals surface area contributed by atoms with Gasteiger partial charge in [-0.15, -0.1) is 0 Å². The van der Waals surface area contributed by atoms with Crippen LogP contribution in [-0.2, 0) is 6.42 Å². The van der Waals surface area contributed by atoms with Crippen LogP contribution < -0.4 is 5.32 Å². The Morgan fingerprint density at radius 2 is 1.94 bits per heavy atom. The Kier molecular flexibility index (Phi) is 2.83. The van der Waals surface area contributed by atoms with Crippen LogP contribution in [0.3, 0.4) is 0 Å². The van der Waals surface area contributed by atoms with E-state index in [4.69, 9.17) is 0 Å². The topological polar surface area (TPSA) is 15.3 Å². The van der Waals surface area contributed by atoms with E-state index in [9.17, 15) is 0 Å².